The zero-order chi connectivity index (χ0) is 19.0. The quantitative estimate of drug-likeness (QED) is 0.699. The molecule has 3 aromatic rings. The van der Waals surface area contributed by atoms with Crippen molar-refractivity contribution in [2.45, 2.75) is 18.2 Å². The molecule has 0 bridgehead atoms. The van der Waals surface area contributed by atoms with Crippen molar-refractivity contribution in [2.75, 3.05) is 16.2 Å². The maximum Gasteiger partial charge on any atom is 0.263 e. The molecule has 7 heteroatoms. The van der Waals surface area contributed by atoms with Crippen molar-refractivity contribution in [3.05, 3.63) is 76.9 Å². The van der Waals surface area contributed by atoms with Crippen molar-refractivity contribution < 1.29 is 8.42 Å². The zero-order valence-electron chi connectivity index (χ0n) is 14.7. The van der Waals surface area contributed by atoms with Gasteiger partial charge in [-0.1, -0.05) is 29.8 Å². The monoisotopic (exact) mass is 399 g/mol. The second kappa shape index (κ2) is 6.87. The van der Waals surface area contributed by atoms with E-state index in [-0.39, 0.29) is 10.7 Å². The molecule has 0 amide bonds. The van der Waals surface area contributed by atoms with Crippen molar-refractivity contribution in [1.29, 1.82) is 0 Å². The third-order valence-electron chi connectivity index (χ3n) is 4.63. The minimum absolute atomic E-state index is 0.156. The van der Waals surface area contributed by atoms with Crippen LogP contribution < -0.4 is 9.62 Å². The largest absolute Gasteiger partial charge is 0.340 e. The molecule has 5 nitrogen and oxygen atoms in total. The van der Waals surface area contributed by atoms with Gasteiger partial charge in [0, 0.05) is 17.3 Å². The first-order valence-corrected chi connectivity index (χ1v) is 10.4. The number of fused-ring (bicyclic) bond motifs is 1. The Morgan fingerprint density at radius 3 is 2.67 bits per heavy atom. The van der Waals surface area contributed by atoms with Gasteiger partial charge in [-0.25, -0.2) is 13.4 Å². The summed E-state index contributed by atoms with van der Waals surface area (Å²) in [5.74, 6) is 0.277. The summed E-state index contributed by atoms with van der Waals surface area (Å²) in [7, 11) is -3.72. The van der Waals surface area contributed by atoms with Crippen LogP contribution in [0.3, 0.4) is 0 Å². The first-order chi connectivity index (χ1) is 12.9. The van der Waals surface area contributed by atoms with E-state index < -0.39 is 10.0 Å². The Hall–Kier alpha value is -2.57. The number of rotatable bonds is 4. The van der Waals surface area contributed by atoms with Crippen LogP contribution in [0.15, 0.2) is 65.7 Å². The highest BCUT2D eigenvalue weighted by Gasteiger charge is 2.20. The van der Waals surface area contributed by atoms with E-state index in [0.29, 0.717) is 10.6 Å². The summed E-state index contributed by atoms with van der Waals surface area (Å²) < 4.78 is 27.6. The third kappa shape index (κ3) is 3.50. The van der Waals surface area contributed by atoms with E-state index in [9.17, 15) is 8.42 Å². The molecule has 0 saturated carbocycles. The number of halogens is 1. The van der Waals surface area contributed by atoms with Gasteiger partial charge in [0.2, 0.25) is 0 Å². The molecule has 0 spiro atoms. The van der Waals surface area contributed by atoms with Crippen molar-refractivity contribution in [3.63, 3.8) is 0 Å². The number of hydrogen-bond donors (Lipinski definition) is 1. The van der Waals surface area contributed by atoms with Crippen LogP contribution in [0.4, 0.5) is 17.2 Å². The normalized spacial score (nSPS) is 13.5. The lowest BCUT2D eigenvalue weighted by molar-refractivity contribution is 0.601. The second-order valence-electron chi connectivity index (χ2n) is 6.45. The fourth-order valence-electron chi connectivity index (χ4n) is 3.19. The van der Waals surface area contributed by atoms with Crippen LogP contribution in [-0.2, 0) is 16.4 Å². The van der Waals surface area contributed by atoms with Gasteiger partial charge in [-0.3, -0.25) is 4.72 Å². The van der Waals surface area contributed by atoms with Gasteiger partial charge in [-0.05, 0) is 60.9 Å². The maximum atomic E-state index is 12.6. The van der Waals surface area contributed by atoms with E-state index >= 15 is 0 Å². The van der Waals surface area contributed by atoms with Crippen molar-refractivity contribution in [1.82, 2.24) is 4.98 Å². The molecule has 0 fully saturated rings. The smallest absolute Gasteiger partial charge is 0.263 e. The predicted octanol–water partition coefficient (Wildman–Crippen LogP) is 4.54. The summed E-state index contributed by atoms with van der Waals surface area (Å²) in [6.07, 6.45) is 2.67. The summed E-state index contributed by atoms with van der Waals surface area (Å²) in [4.78, 5) is 6.63. The van der Waals surface area contributed by atoms with E-state index in [0.717, 1.165) is 18.7 Å². The molecule has 27 heavy (non-hydrogen) atoms. The fourth-order valence-corrected chi connectivity index (χ4v) is 4.40. The number of aryl methyl sites for hydroxylation is 1. The van der Waals surface area contributed by atoms with Gasteiger partial charge in [-0.2, -0.15) is 0 Å². The van der Waals surface area contributed by atoms with Crippen molar-refractivity contribution in [3.8, 4) is 0 Å². The van der Waals surface area contributed by atoms with Gasteiger partial charge in [0.1, 0.15) is 5.82 Å². The summed E-state index contributed by atoms with van der Waals surface area (Å²) in [5.41, 5.74) is 4.12. The van der Waals surface area contributed by atoms with Gasteiger partial charge in [0.05, 0.1) is 16.8 Å². The standard InChI is InChI=1S/C20H18ClN3O2S/c1-14-12-17(7-8-18(14)21)27(25,26)23-20-9-6-16(13-22-20)24-11-10-15-4-2-3-5-19(15)24/h2-9,12-13H,10-11H2,1H3,(H,22,23). The number of nitrogens with zero attached hydrogens (tertiary/aromatic N) is 2. The molecular weight excluding hydrogens is 382 g/mol. The lowest BCUT2D eigenvalue weighted by Crippen LogP contribution is -2.16. The van der Waals surface area contributed by atoms with E-state index in [1.54, 1.807) is 31.3 Å². The van der Waals surface area contributed by atoms with Crippen LogP contribution in [0.25, 0.3) is 0 Å². The summed E-state index contributed by atoms with van der Waals surface area (Å²) >= 11 is 5.97. The van der Waals surface area contributed by atoms with Crippen LogP contribution in [0.5, 0.6) is 0 Å². The molecule has 4 rings (SSSR count). The number of benzene rings is 2. The number of para-hydroxylation sites is 1. The zero-order valence-corrected chi connectivity index (χ0v) is 16.3. The maximum absolute atomic E-state index is 12.6. The Bertz CT molecular complexity index is 1100. The Morgan fingerprint density at radius 2 is 1.93 bits per heavy atom. The number of aromatic nitrogens is 1. The molecule has 0 unspecified atom stereocenters. The summed E-state index contributed by atoms with van der Waals surface area (Å²) in [6.45, 7) is 2.65. The van der Waals surface area contributed by atoms with Gasteiger partial charge in [0.15, 0.2) is 0 Å². The molecule has 1 aliphatic rings. The van der Waals surface area contributed by atoms with Crippen LogP contribution in [-0.4, -0.2) is 19.9 Å². The van der Waals surface area contributed by atoms with E-state index in [1.165, 1.54) is 17.3 Å². The molecule has 1 N–H and O–H groups in total. The number of sulfonamides is 1. The second-order valence-corrected chi connectivity index (χ2v) is 8.54. The summed E-state index contributed by atoms with van der Waals surface area (Å²) in [6, 6.07) is 16.4. The average Bonchev–Trinajstić information content (AvgIpc) is 3.08. The highest BCUT2D eigenvalue weighted by molar-refractivity contribution is 7.92. The predicted molar refractivity (Wildman–Crippen MR) is 108 cm³/mol. The molecule has 1 aromatic heterocycles. The molecule has 0 radical (unpaired) electrons. The van der Waals surface area contributed by atoms with Crippen molar-refractivity contribution in [2.24, 2.45) is 0 Å². The SMILES string of the molecule is Cc1cc(S(=O)(=O)Nc2ccc(N3CCc4ccccc43)cn2)ccc1Cl. The molecule has 2 heterocycles. The van der Waals surface area contributed by atoms with Crippen molar-refractivity contribution >= 4 is 38.8 Å². The van der Waals surface area contributed by atoms with Gasteiger partial charge in [-0.15, -0.1) is 0 Å². The van der Waals surface area contributed by atoms with Gasteiger partial charge < -0.3 is 4.90 Å². The molecule has 0 atom stereocenters. The Labute approximate surface area is 163 Å². The first kappa shape index (κ1) is 17.8. The minimum atomic E-state index is -3.72. The van der Waals surface area contributed by atoms with Crippen LogP contribution in [0, 0.1) is 6.92 Å². The van der Waals surface area contributed by atoms with Crippen LogP contribution >= 0.6 is 11.6 Å². The highest BCUT2D eigenvalue weighted by atomic mass is 35.5. The molecule has 0 saturated heterocycles. The number of anilines is 3. The highest BCUT2D eigenvalue weighted by Crippen LogP contribution is 2.34. The molecule has 2 aromatic carbocycles. The topological polar surface area (TPSA) is 62.3 Å². The first-order valence-electron chi connectivity index (χ1n) is 8.54. The number of nitrogens with one attached hydrogen (secondary N) is 1. The number of hydrogen-bond acceptors (Lipinski definition) is 4. The minimum Gasteiger partial charge on any atom is -0.340 e. The van der Waals surface area contributed by atoms with Crippen LogP contribution in [0.2, 0.25) is 5.02 Å². The molecular formula is C20H18ClN3O2S. The van der Waals surface area contributed by atoms with Crippen LogP contribution in [0.1, 0.15) is 11.1 Å². The third-order valence-corrected chi connectivity index (χ3v) is 6.40. The summed E-state index contributed by atoms with van der Waals surface area (Å²) in [5, 5.41) is 0.530. The Morgan fingerprint density at radius 1 is 1.11 bits per heavy atom. The van der Waals surface area contributed by atoms with E-state index in [4.69, 9.17) is 11.6 Å². The van der Waals surface area contributed by atoms with Gasteiger partial charge in [0.25, 0.3) is 10.0 Å². The van der Waals surface area contributed by atoms with E-state index in [2.05, 4.69) is 26.7 Å². The Kier molecular flexibility index (Phi) is 4.53. The molecule has 1 aliphatic heterocycles. The lowest BCUT2D eigenvalue weighted by atomic mass is 10.2. The molecule has 138 valence electrons. The average molecular weight is 400 g/mol. The molecule has 0 aliphatic carbocycles. The Balaban J connectivity index is 1.55. The number of pyridine rings is 1. The van der Waals surface area contributed by atoms with E-state index in [1.807, 2.05) is 18.2 Å². The van der Waals surface area contributed by atoms with Gasteiger partial charge >= 0.3 is 0 Å². The fraction of sp³-hybridized carbons (Fsp3) is 0.150. The lowest BCUT2D eigenvalue weighted by Gasteiger charge is -2.19.